The number of anilines is 1. The van der Waals surface area contributed by atoms with Gasteiger partial charge in [-0.3, -0.25) is 9.10 Å². The van der Waals surface area contributed by atoms with E-state index in [1.54, 1.807) is 26.8 Å². The number of carbonyl (C=O) groups excluding carboxylic acids is 2. The van der Waals surface area contributed by atoms with E-state index < -0.39 is 51.6 Å². The lowest BCUT2D eigenvalue weighted by Gasteiger charge is -2.38. The van der Waals surface area contributed by atoms with Gasteiger partial charge in [-0.1, -0.05) is 29.8 Å². The number of piperidine rings is 1. The number of fused-ring (bicyclic) bond motifs is 1. The molecule has 0 aromatic heterocycles. The van der Waals surface area contributed by atoms with E-state index in [0.29, 0.717) is 29.9 Å². The van der Waals surface area contributed by atoms with Crippen molar-refractivity contribution in [3.63, 3.8) is 0 Å². The van der Waals surface area contributed by atoms with Crippen LogP contribution in [0.2, 0.25) is 5.02 Å². The van der Waals surface area contributed by atoms with E-state index >= 15 is 0 Å². The Balaban J connectivity index is 1.66. The van der Waals surface area contributed by atoms with E-state index in [1.807, 2.05) is 0 Å². The Morgan fingerprint density at radius 3 is 2.38 bits per heavy atom. The summed E-state index contributed by atoms with van der Waals surface area (Å²) in [6.07, 6.45) is -3.87. The van der Waals surface area contributed by atoms with Gasteiger partial charge in [-0.2, -0.15) is 13.2 Å². The first-order valence-corrected chi connectivity index (χ1v) is 14.6. The van der Waals surface area contributed by atoms with Crippen molar-refractivity contribution in [1.82, 2.24) is 9.80 Å². The lowest BCUT2D eigenvalue weighted by Crippen LogP contribution is -2.52. The lowest BCUT2D eigenvalue weighted by atomic mass is 9.92. The van der Waals surface area contributed by atoms with E-state index in [-0.39, 0.29) is 28.4 Å². The van der Waals surface area contributed by atoms with Crippen LogP contribution in [0.4, 0.5) is 23.7 Å². The number of alkyl halides is 3. The molecule has 218 valence electrons. The monoisotopic (exact) mass is 601 g/mol. The second-order valence-corrected chi connectivity index (χ2v) is 13.2. The fraction of sp³-hybridized carbons (Fsp3) is 0.481. The highest BCUT2D eigenvalue weighted by molar-refractivity contribution is 7.92. The number of likely N-dealkylation sites (tertiary alicyclic amines) is 2. The maximum Gasteiger partial charge on any atom is 0.416 e. The fourth-order valence-corrected chi connectivity index (χ4v) is 6.79. The number of hydrogen-bond acceptors (Lipinski definition) is 5. The van der Waals surface area contributed by atoms with Gasteiger partial charge in [0.1, 0.15) is 12.1 Å². The molecule has 0 radical (unpaired) electrons. The molecule has 2 aromatic rings. The normalized spacial score (nSPS) is 19.8. The maximum atomic E-state index is 13.7. The number of halogens is 4. The van der Waals surface area contributed by atoms with Crippen molar-refractivity contribution in [3.05, 3.63) is 59.1 Å². The molecule has 13 heteroatoms. The first-order valence-electron chi connectivity index (χ1n) is 12.8. The molecule has 2 heterocycles. The van der Waals surface area contributed by atoms with Crippen LogP contribution in [0.3, 0.4) is 0 Å². The van der Waals surface area contributed by atoms with Crippen LogP contribution >= 0.6 is 11.6 Å². The largest absolute Gasteiger partial charge is 0.444 e. The van der Waals surface area contributed by atoms with Crippen molar-refractivity contribution in [2.24, 2.45) is 5.92 Å². The molecule has 2 unspecified atom stereocenters. The highest BCUT2D eigenvalue weighted by Gasteiger charge is 2.44. The summed E-state index contributed by atoms with van der Waals surface area (Å²) in [6, 6.07) is 9.09. The summed E-state index contributed by atoms with van der Waals surface area (Å²) in [5, 5.41) is -0.256. The number of carbonyl (C=O) groups is 2. The van der Waals surface area contributed by atoms with Gasteiger partial charge in [-0.25, -0.2) is 13.2 Å². The Labute approximate surface area is 236 Å². The van der Waals surface area contributed by atoms with Crippen LogP contribution in [0.15, 0.2) is 53.4 Å². The van der Waals surface area contributed by atoms with Crippen molar-refractivity contribution in [2.45, 2.75) is 56.3 Å². The van der Waals surface area contributed by atoms with Crippen LogP contribution in [0, 0.1) is 5.92 Å². The average Bonchev–Trinajstić information content (AvgIpc) is 3.31. The third-order valence-electron chi connectivity index (χ3n) is 6.91. The molecule has 8 nitrogen and oxygen atoms in total. The molecule has 0 bridgehead atoms. The predicted octanol–water partition coefficient (Wildman–Crippen LogP) is 5.41. The maximum absolute atomic E-state index is 13.7. The molecule has 40 heavy (non-hydrogen) atoms. The molecule has 0 N–H and O–H groups in total. The molecule has 2 saturated heterocycles. The van der Waals surface area contributed by atoms with Gasteiger partial charge in [0, 0.05) is 19.6 Å². The number of benzene rings is 2. The molecular formula is C27H31ClF3N3O5S. The van der Waals surface area contributed by atoms with Crippen LogP contribution in [0.1, 0.15) is 39.2 Å². The van der Waals surface area contributed by atoms with E-state index in [1.165, 1.54) is 34.1 Å². The van der Waals surface area contributed by atoms with E-state index in [4.69, 9.17) is 16.3 Å². The molecule has 2 amide bonds. The van der Waals surface area contributed by atoms with Crippen molar-refractivity contribution in [1.29, 1.82) is 0 Å². The molecular weight excluding hydrogens is 571 g/mol. The second-order valence-electron chi connectivity index (χ2n) is 10.9. The summed E-state index contributed by atoms with van der Waals surface area (Å²) >= 11 is 6.24. The smallest absolute Gasteiger partial charge is 0.416 e. The van der Waals surface area contributed by atoms with Crippen LogP contribution in [0.5, 0.6) is 0 Å². The predicted molar refractivity (Wildman–Crippen MR) is 143 cm³/mol. The molecule has 2 atom stereocenters. The third-order valence-corrected chi connectivity index (χ3v) is 9.00. The summed E-state index contributed by atoms with van der Waals surface area (Å²) in [5.74, 6) is -0.643. The second kappa shape index (κ2) is 11.1. The van der Waals surface area contributed by atoms with Crippen LogP contribution in [-0.4, -0.2) is 68.0 Å². The van der Waals surface area contributed by atoms with E-state index in [9.17, 15) is 31.2 Å². The topological polar surface area (TPSA) is 87.2 Å². The summed E-state index contributed by atoms with van der Waals surface area (Å²) in [4.78, 5) is 29.3. The first-order chi connectivity index (χ1) is 18.6. The highest BCUT2D eigenvalue weighted by Crippen LogP contribution is 2.38. The highest BCUT2D eigenvalue weighted by atomic mass is 35.5. The number of amides is 2. The van der Waals surface area contributed by atoms with Gasteiger partial charge in [-0.15, -0.1) is 0 Å². The van der Waals surface area contributed by atoms with Gasteiger partial charge in [0.2, 0.25) is 5.91 Å². The molecule has 0 aliphatic carbocycles. The zero-order valence-electron chi connectivity index (χ0n) is 22.3. The summed E-state index contributed by atoms with van der Waals surface area (Å²) in [6.45, 7) is 5.40. The zero-order valence-corrected chi connectivity index (χ0v) is 23.9. The van der Waals surface area contributed by atoms with Crippen LogP contribution < -0.4 is 4.31 Å². The SMILES string of the molecule is CC(C)(C)OC(=O)N1CC2CCCN(C(=O)CN(c3cc(C(F)(F)F)ccc3Cl)S(=O)(=O)c3ccccc3)C2C1. The Morgan fingerprint density at radius 2 is 1.75 bits per heavy atom. The fourth-order valence-electron chi connectivity index (χ4n) is 5.08. The van der Waals surface area contributed by atoms with Crippen LogP contribution in [-0.2, 0) is 25.7 Å². The molecule has 4 rings (SSSR count). The molecule has 2 aliphatic rings. The lowest BCUT2D eigenvalue weighted by molar-refractivity contribution is -0.137. The quantitative estimate of drug-likeness (QED) is 0.457. The van der Waals surface area contributed by atoms with Gasteiger partial charge in [-0.05, 0) is 69.9 Å². The minimum atomic E-state index is -4.76. The molecule has 0 spiro atoms. The average molecular weight is 602 g/mol. The minimum Gasteiger partial charge on any atom is -0.444 e. The van der Waals surface area contributed by atoms with Crippen molar-refractivity contribution < 1.29 is 35.9 Å². The van der Waals surface area contributed by atoms with Gasteiger partial charge < -0.3 is 14.5 Å². The number of ether oxygens (including phenoxy) is 1. The van der Waals surface area contributed by atoms with Crippen molar-refractivity contribution in [2.75, 3.05) is 30.5 Å². The van der Waals surface area contributed by atoms with Crippen molar-refractivity contribution in [3.8, 4) is 0 Å². The van der Waals surface area contributed by atoms with Gasteiger partial charge in [0.15, 0.2) is 0 Å². The Morgan fingerprint density at radius 1 is 1.07 bits per heavy atom. The van der Waals surface area contributed by atoms with E-state index in [0.717, 1.165) is 18.6 Å². The van der Waals surface area contributed by atoms with Gasteiger partial charge in [0.05, 0.1) is 27.2 Å². The molecule has 0 saturated carbocycles. The first kappa shape index (κ1) is 30.0. The Kier molecular flexibility index (Phi) is 8.33. The third kappa shape index (κ3) is 6.49. The molecule has 2 aliphatic heterocycles. The summed E-state index contributed by atoms with van der Waals surface area (Å²) in [5.41, 5.74) is -2.25. The van der Waals surface area contributed by atoms with Gasteiger partial charge >= 0.3 is 12.3 Å². The Bertz CT molecular complexity index is 1370. The zero-order chi connectivity index (χ0) is 29.5. The number of nitrogens with zero attached hydrogens (tertiary/aromatic N) is 3. The molecule has 2 fully saturated rings. The number of rotatable bonds is 5. The summed E-state index contributed by atoms with van der Waals surface area (Å²) < 4.78 is 74.2. The number of sulfonamides is 1. The molecule has 2 aromatic carbocycles. The van der Waals surface area contributed by atoms with Crippen molar-refractivity contribution >= 4 is 39.3 Å². The van der Waals surface area contributed by atoms with E-state index in [2.05, 4.69) is 0 Å². The number of hydrogen-bond donors (Lipinski definition) is 0. The summed E-state index contributed by atoms with van der Waals surface area (Å²) in [7, 11) is -4.49. The Hall–Kier alpha value is -2.99. The standard InChI is InChI=1S/C27H31ClF3N3O5S/c1-26(2,3)39-25(36)32-15-18-8-7-13-33(23(18)16-32)24(35)17-34(40(37,38)20-9-5-4-6-10-20)22-14-19(27(29,30)31)11-12-21(22)28/h4-6,9-12,14,18,23H,7-8,13,15-17H2,1-3H3. The minimum absolute atomic E-state index is 0.0402. The van der Waals surface area contributed by atoms with Crippen LogP contribution in [0.25, 0.3) is 0 Å². The van der Waals surface area contributed by atoms with Gasteiger partial charge in [0.25, 0.3) is 10.0 Å².